The SMILES string of the molecule is CCc1c(-c2nc3cc(OC)ccc3[nH]c2=O)c2ccccc2n1CCCN. The van der Waals surface area contributed by atoms with Crippen LogP contribution in [0.25, 0.3) is 33.2 Å². The van der Waals surface area contributed by atoms with Crippen molar-refractivity contribution in [1.29, 1.82) is 0 Å². The molecule has 0 atom stereocenters. The first-order chi connectivity index (χ1) is 13.7. The van der Waals surface area contributed by atoms with Gasteiger partial charge in [0.25, 0.3) is 5.56 Å². The van der Waals surface area contributed by atoms with E-state index in [0.29, 0.717) is 29.0 Å². The lowest BCUT2D eigenvalue weighted by molar-refractivity contribution is 0.415. The summed E-state index contributed by atoms with van der Waals surface area (Å²) in [5.74, 6) is 0.707. The number of rotatable bonds is 6. The zero-order chi connectivity index (χ0) is 19.7. The number of hydrogen-bond donors (Lipinski definition) is 2. The number of aromatic nitrogens is 3. The van der Waals surface area contributed by atoms with Crippen molar-refractivity contribution in [2.45, 2.75) is 26.3 Å². The maximum absolute atomic E-state index is 12.9. The lowest BCUT2D eigenvalue weighted by Gasteiger charge is -2.10. The molecule has 144 valence electrons. The van der Waals surface area contributed by atoms with Crippen molar-refractivity contribution in [2.75, 3.05) is 13.7 Å². The molecule has 2 aromatic carbocycles. The highest BCUT2D eigenvalue weighted by Gasteiger charge is 2.20. The van der Waals surface area contributed by atoms with E-state index in [1.165, 1.54) is 0 Å². The summed E-state index contributed by atoms with van der Waals surface area (Å²) in [6, 6.07) is 13.6. The highest BCUT2D eigenvalue weighted by atomic mass is 16.5. The van der Waals surface area contributed by atoms with Crippen LogP contribution in [-0.2, 0) is 13.0 Å². The summed E-state index contributed by atoms with van der Waals surface area (Å²) in [4.78, 5) is 20.7. The fraction of sp³-hybridized carbons (Fsp3) is 0.273. The summed E-state index contributed by atoms with van der Waals surface area (Å²) in [6.07, 6.45) is 1.68. The summed E-state index contributed by atoms with van der Waals surface area (Å²) in [5.41, 5.74) is 10.5. The lowest BCUT2D eigenvalue weighted by Crippen LogP contribution is -2.13. The van der Waals surface area contributed by atoms with Gasteiger partial charge in [-0.15, -0.1) is 0 Å². The number of para-hydroxylation sites is 1. The second-order valence-corrected chi connectivity index (χ2v) is 6.78. The first-order valence-electron chi connectivity index (χ1n) is 9.56. The van der Waals surface area contributed by atoms with Crippen LogP contribution in [-0.4, -0.2) is 28.2 Å². The molecule has 0 saturated heterocycles. The minimum absolute atomic E-state index is 0.186. The van der Waals surface area contributed by atoms with Crippen molar-refractivity contribution in [1.82, 2.24) is 14.5 Å². The van der Waals surface area contributed by atoms with Gasteiger partial charge in [-0.1, -0.05) is 25.1 Å². The zero-order valence-corrected chi connectivity index (χ0v) is 16.2. The minimum atomic E-state index is -0.186. The van der Waals surface area contributed by atoms with Crippen LogP contribution in [0, 0.1) is 0 Å². The predicted molar refractivity (Wildman–Crippen MR) is 113 cm³/mol. The number of nitrogens with two attached hydrogens (primary N) is 1. The Balaban J connectivity index is 2.03. The van der Waals surface area contributed by atoms with Gasteiger partial charge in [-0.05, 0) is 37.6 Å². The van der Waals surface area contributed by atoms with E-state index in [2.05, 4.69) is 28.6 Å². The average Bonchev–Trinajstić information content (AvgIpc) is 3.04. The smallest absolute Gasteiger partial charge is 0.275 e. The molecule has 28 heavy (non-hydrogen) atoms. The van der Waals surface area contributed by atoms with Crippen LogP contribution in [0.3, 0.4) is 0 Å². The van der Waals surface area contributed by atoms with Crippen molar-refractivity contribution < 1.29 is 4.74 Å². The van der Waals surface area contributed by atoms with Crippen molar-refractivity contribution >= 4 is 21.9 Å². The van der Waals surface area contributed by atoms with Crippen molar-refractivity contribution in [2.24, 2.45) is 5.73 Å². The Morgan fingerprint density at radius 1 is 1.21 bits per heavy atom. The molecule has 6 heteroatoms. The standard InChI is InChI=1S/C22H24N4O2/c1-3-18-20(15-7-4-5-8-19(15)26(18)12-6-11-23)21-22(27)25-16-10-9-14(28-2)13-17(16)24-21/h4-5,7-10,13H,3,6,11-12,23H2,1-2H3,(H,25,27). The van der Waals surface area contributed by atoms with Crippen LogP contribution < -0.4 is 16.0 Å². The van der Waals surface area contributed by atoms with Crippen LogP contribution in [0.1, 0.15) is 19.0 Å². The fourth-order valence-electron chi connectivity index (χ4n) is 3.85. The molecule has 0 amide bonds. The van der Waals surface area contributed by atoms with E-state index in [1.54, 1.807) is 7.11 Å². The summed E-state index contributed by atoms with van der Waals surface area (Å²) in [7, 11) is 1.62. The maximum atomic E-state index is 12.9. The first kappa shape index (κ1) is 18.3. The largest absolute Gasteiger partial charge is 0.497 e. The second kappa shape index (κ2) is 7.48. The summed E-state index contributed by atoms with van der Waals surface area (Å²) < 4.78 is 7.59. The number of fused-ring (bicyclic) bond motifs is 2. The molecule has 4 aromatic rings. The second-order valence-electron chi connectivity index (χ2n) is 6.78. The van der Waals surface area contributed by atoms with Gasteiger partial charge in [0.1, 0.15) is 11.4 Å². The van der Waals surface area contributed by atoms with Crippen LogP contribution in [0.4, 0.5) is 0 Å². The van der Waals surface area contributed by atoms with Crippen LogP contribution in [0.2, 0.25) is 0 Å². The Bertz CT molecular complexity index is 1210. The molecular formula is C22H24N4O2. The van der Waals surface area contributed by atoms with Gasteiger partial charge in [-0.25, -0.2) is 4.98 Å². The average molecular weight is 376 g/mol. The zero-order valence-electron chi connectivity index (χ0n) is 16.2. The van der Waals surface area contributed by atoms with E-state index < -0.39 is 0 Å². The third kappa shape index (κ3) is 2.96. The van der Waals surface area contributed by atoms with Gasteiger partial charge in [-0.2, -0.15) is 0 Å². The number of benzene rings is 2. The molecule has 0 aliphatic carbocycles. The van der Waals surface area contributed by atoms with E-state index in [0.717, 1.165) is 41.5 Å². The first-order valence-corrected chi connectivity index (χ1v) is 9.56. The Hall–Kier alpha value is -3.12. The fourth-order valence-corrected chi connectivity index (χ4v) is 3.85. The van der Waals surface area contributed by atoms with E-state index in [4.69, 9.17) is 15.5 Å². The van der Waals surface area contributed by atoms with Crippen molar-refractivity contribution in [3.63, 3.8) is 0 Å². The van der Waals surface area contributed by atoms with Gasteiger partial charge in [0, 0.05) is 34.8 Å². The van der Waals surface area contributed by atoms with Crippen LogP contribution in [0.5, 0.6) is 5.75 Å². The van der Waals surface area contributed by atoms with Gasteiger partial charge >= 0.3 is 0 Å². The molecule has 0 fully saturated rings. The van der Waals surface area contributed by atoms with Gasteiger partial charge < -0.3 is 20.0 Å². The molecule has 0 aliphatic rings. The number of ether oxygens (including phenoxy) is 1. The van der Waals surface area contributed by atoms with E-state index in [1.807, 2.05) is 30.3 Å². The maximum Gasteiger partial charge on any atom is 0.275 e. The normalized spacial score (nSPS) is 11.4. The molecular weight excluding hydrogens is 352 g/mol. The van der Waals surface area contributed by atoms with Gasteiger partial charge in [-0.3, -0.25) is 4.79 Å². The Morgan fingerprint density at radius 2 is 2.04 bits per heavy atom. The van der Waals surface area contributed by atoms with Gasteiger partial charge in [0.15, 0.2) is 0 Å². The summed E-state index contributed by atoms with van der Waals surface area (Å²) in [5, 5.41) is 1.04. The molecule has 0 saturated carbocycles. The van der Waals surface area contributed by atoms with Crippen LogP contribution >= 0.6 is 0 Å². The number of H-pyrrole nitrogens is 1. The highest BCUT2D eigenvalue weighted by molar-refractivity contribution is 5.98. The Labute approximate surface area is 163 Å². The molecule has 0 spiro atoms. The monoisotopic (exact) mass is 376 g/mol. The van der Waals surface area contributed by atoms with Crippen molar-refractivity contribution in [3.05, 3.63) is 58.5 Å². The molecule has 0 bridgehead atoms. The summed E-state index contributed by atoms with van der Waals surface area (Å²) >= 11 is 0. The van der Waals surface area contributed by atoms with Gasteiger partial charge in [0.05, 0.1) is 18.1 Å². The molecule has 4 rings (SSSR count). The third-order valence-corrected chi connectivity index (χ3v) is 5.14. The van der Waals surface area contributed by atoms with E-state index in [9.17, 15) is 4.79 Å². The molecule has 2 heterocycles. The number of aryl methyl sites for hydroxylation is 1. The highest BCUT2D eigenvalue weighted by Crippen LogP contribution is 2.34. The Kier molecular flexibility index (Phi) is 4.88. The molecule has 3 N–H and O–H groups in total. The number of aromatic amines is 1. The number of hydrogen-bond acceptors (Lipinski definition) is 4. The van der Waals surface area contributed by atoms with Crippen molar-refractivity contribution in [3.8, 4) is 17.0 Å². The molecule has 2 aromatic heterocycles. The van der Waals surface area contributed by atoms with E-state index >= 15 is 0 Å². The quantitative estimate of drug-likeness (QED) is 0.540. The van der Waals surface area contributed by atoms with Gasteiger partial charge in [0.2, 0.25) is 0 Å². The minimum Gasteiger partial charge on any atom is -0.497 e. The lowest BCUT2D eigenvalue weighted by atomic mass is 10.1. The number of nitrogens with one attached hydrogen (secondary N) is 1. The molecule has 0 unspecified atom stereocenters. The predicted octanol–water partition coefficient (Wildman–Crippen LogP) is 3.46. The molecule has 0 radical (unpaired) electrons. The number of nitrogens with zero attached hydrogens (tertiary/aromatic N) is 2. The van der Waals surface area contributed by atoms with E-state index in [-0.39, 0.29) is 5.56 Å². The molecule has 0 aliphatic heterocycles. The van der Waals surface area contributed by atoms with Crippen LogP contribution in [0.15, 0.2) is 47.3 Å². The summed E-state index contributed by atoms with van der Waals surface area (Å²) in [6.45, 7) is 3.55. The third-order valence-electron chi connectivity index (χ3n) is 5.14. The molecule has 6 nitrogen and oxygen atoms in total. The topological polar surface area (TPSA) is 85.9 Å². The Morgan fingerprint density at radius 3 is 2.79 bits per heavy atom. The number of methoxy groups -OCH3 is 1.